The van der Waals surface area contributed by atoms with Crippen LogP contribution in [0.4, 0.5) is 10.1 Å². The molecule has 2 aromatic rings. The summed E-state index contributed by atoms with van der Waals surface area (Å²) in [6, 6.07) is 6.07. The second kappa shape index (κ2) is 6.50. The summed E-state index contributed by atoms with van der Waals surface area (Å²) in [4.78, 5) is 17.3. The predicted molar refractivity (Wildman–Crippen MR) is 85.3 cm³/mol. The number of carbonyl (C=O) groups is 1. The average molecular weight is 343 g/mol. The number of pyridine rings is 1. The number of aromatic nitrogens is 1. The number of methoxy groups -OCH3 is 1. The van der Waals surface area contributed by atoms with Crippen LogP contribution in [0.3, 0.4) is 0 Å². The molecule has 1 aromatic heterocycles. The average Bonchev–Trinajstić information content (AvgIpc) is 2.47. The quantitative estimate of drug-likeness (QED) is 0.789. The van der Waals surface area contributed by atoms with E-state index in [0.717, 1.165) is 0 Å². The van der Waals surface area contributed by atoms with Gasteiger partial charge in [-0.05, 0) is 24.3 Å². The number of carbonyl (C=O) groups excluding carboxylic acids is 1. The zero-order valence-electron chi connectivity index (χ0n) is 12.2. The van der Waals surface area contributed by atoms with Gasteiger partial charge in [0.15, 0.2) is 11.5 Å². The number of benzene rings is 1. The van der Waals surface area contributed by atoms with Crippen molar-refractivity contribution < 1.29 is 13.9 Å². The van der Waals surface area contributed by atoms with Gasteiger partial charge in [-0.3, -0.25) is 0 Å². The van der Waals surface area contributed by atoms with Crippen molar-refractivity contribution >= 4 is 34.9 Å². The Balaban J connectivity index is 2.63. The van der Waals surface area contributed by atoms with E-state index in [2.05, 4.69) is 9.72 Å². The zero-order chi connectivity index (χ0) is 16.4. The summed E-state index contributed by atoms with van der Waals surface area (Å²) >= 11 is 11.9. The first-order valence-corrected chi connectivity index (χ1v) is 7.03. The number of esters is 1. The van der Waals surface area contributed by atoms with E-state index >= 15 is 0 Å². The van der Waals surface area contributed by atoms with E-state index in [1.54, 1.807) is 25.1 Å². The lowest BCUT2D eigenvalue weighted by molar-refractivity contribution is 0.0594. The van der Waals surface area contributed by atoms with Crippen LogP contribution in [0.1, 0.15) is 10.5 Å². The molecule has 2 rings (SSSR count). The Bertz CT molecular complexity index is 736. The lowest BCUT2D eigenvalue weighted by atomic mass is 10.1. The fourth-order valence-corrected chi connectivity index (χ4v) is 2.48. The Labute approximate surface area is 137 Å². The van der Waals surface area contributed by atoms with Gasteiger partial charge in [0, 0.05) is 19.7 Å². The predicted octanol–water partition coefficient (Wildman–Crippen LogP) is 4.05. The number of anilines is 1. The van der Waals surface area contributed by atoms with E-state index in [1.807, 2.05) is 0 Å². The van der Waals surface area contributed by atoms with Crippen LogP contribution in [0, 0.1) is 5.82 Å². The molecule has 116 valence electrons. The van der Waals surface area contributed by atoms with Gasteiger partial charge >= 0.3 is 5.97 Å². The summed E-state index contributed by atoms with van der Waals surface area (Å²) in [7, 11) is 4.59. The van der Waals surface area contributed by atoms with Crippen molar-refractivity contribution in [2.75, 3.05) is 26.1 Å². The second-order valence-electron chi connectivity index (χ2n) is 4.67. The molecule has 1 aromatic carbocycles. The fraction of sp³-hybridized carbons (Fsp3) is 0.200. The van der Waals surface area contributed by atoms with Gasteiger partial charge in [-0.2, -0.15) is 0 Å². The van der Waals surface area contributed by atoms with Crippen LogP contribution in [0.2, 0.25) is 10.0 Å². The molecular weight excluding hydrogens is 330 g/mol. The molecule has 0 N–H and O–H groups in total. The van der Waals surface area contributed by atoms with E-state index in [0.29, 0.717) is 0 Å². The van der Waals surface area contributed by atoms with E-state index < -0.39 is 11.8 Å². The van der Waals surface area contributed by atoms with E-state index in [1.165, 1.54) is 25.3 Å². The Kier molecular flexibility index (Phi) is 4.88. The topological polar surface area (TPSA) is 42.4 Å². The summed E-state index contributed by atoms with van der Waals surface area (Å²) in [6.45, 7) is 0. The van der Waals surface area contributed by atoms with Gasteiger partial charge in [-0.15, -0.1) is 0 Å². The maximum absolute atomic E-state index is 14.7. The van der Waals surface area contributed by atoms with E-state index in [-0.39, 0.29) is 32.7 Å². The molecule has 0 saturated heterocycles. The molecule has 0 spiro atoms. The molecule has 0 fully saturated rings. The highest BCUT2D eigenvalue weighted by Gasteiger charge is 2.19. The lowest BCUT2D eigenvalue weighted by Crippen LogP contribution is -2.12. The molecule has 0 aliphatic rings. The zero-order valence-corrected chi connectivity index (χ0v) is 13.7. The van der Waals surface area contributed by atoms with Crippen molar-refractivity contribution in [2.24, 2.45) is 0 Å². The van der Waals surface area contributed by atoms with Crippen LogP contribution in [0.25, 0.3) is 11.3 Å². The molecule has 0 aliphatic carbocycles. The lowest BCUT2D eigenvalue weighted by Gasteiger charge is -2.17. The Hall–Kier alpha value is -1.85. The SMILES string of the molecule is COC(=O)c1nc(-c2ccc(Cl)c(N(C)C)c2F)ccc1Cl. The molecule has 0 amide bonds. The van der Waals surface area contributed by atoms with Gasteiger partial charge in [0.2, 0.25) is 0 Å². The third kappa shape index (κ3) is 3.00. The number of ether oxygens (including phenoxy) is 1. The maximum atomic E-state index is 14.7. The summed E-state index contributed by atoms with van der Waals surface area (Å²) < 4.78 is 19.3. The van der Waals surface area contributed by atoms with Crippen LogP contribution >= 0.6 is 23.2 Å². The number of nitrogens with zero attached hydrogens (tertiary/aromatic N) is 2. The molecule has 0 radical (unpaired) electrons. The summed E-state index contributed by atoms with van der Waals surface area (Å²) in [5.41, 5.74) is 0.662. The van der Waals surface area contributed by atoms with Gasteiger partial charge in [0.1, 0.15) is 0 Å². The molecule has 1 heterocycles. The first-order chi connectivity index (χ1) is 10.4. The number of hydrogen-bond donors (Lipinski definition) is 0. The van der Waals surface area contributed by atoms with Crippen molar-refractivity contribution in [1.29, 1.82) is 0 Å². The first-order valence-electron chi connectivity index (χ1n) is 6.27. The fourth-order valence-electron chi connectivity index (χ4n) is 1.98. The molecule has 0 saturated carbocycles. The molecular formula is C15H13Cl2FN2O2. The standard InChI is InChI=1S/C15H13Cl2FN2O2/c1-20(2)14-10(17)5-4-8(12(14)18)11-7-6-9(16)13(19-11)15(21)22-3/h4-7H,1-3H3. The molecule has 0 atom stereocenters. The van der Waals surface area contributed by atoms with E-state index in [9.17, 15) is 9.18 Å². The first kappa shape index (κ1) is 16.5. The largest absolute Gasteiger partial charge is 0.464 e. The summed E-state index contributed by atoms with van der Waals surface area (Å²) in [5.74, 6) is -1.21. The highest BCUT2D eigenvalue weighted by molar-refractivity contribution is 6.33. The number of hydrogen-bond acceptors (Lipinski definition) is 4. The minimum absolute atomic E-state index is 0.0672. The van der Waals surface area contributed by atoms with Crippen LogP contribution in [-0.2, 0) is 4.74 Å². The van der Waals surface area contributed by atoms with Crippen molar-refractivity contribution in [3.05, 3.63) is 45.8 Å². The second-order valence-corrected chi connectivity index (χ2v) is 5.48. The van der Waals surface area contributed by atoms with Crippen molar-refractivity contribution in [3.63, 3.8) is 0 Å². The maximum Gasteiger partial charge on any atom is 0.358 e. The molecule has 22 heavy (non-hydrogen) atoms. The Morgan fingerprint density at radius 2 is 1.82 bits per heavy atom. The molecule has 0 unspecified atom stereocenters. The van der Waals surface area contributed by atoms with Gasteiger partial charge in [-0.1, -0.05) is 23.2 Å². The van der Waals surface area contributed by atoms with Crippen LogP contribution < -0.4 is 4.90 Å². The number of rotatable bonds is 3. The Morgan fingerprint density at radius 1 is 1.18 bits per heavy atom. The monoisotopic (exact) mass is 342 g/mol. The van der Waals surface area contributed by atoms with Crippen LogP contribution in [0.5, 0.6) is 0 Å². The minimum Gasteiger partial charge on any atom is -0.464 e. The van der Waals surface area contributed by atoms with Crippen LogP contribution in [0.15, 0.2) is 24.3 Å². The van der Waals surface area contributed by atoms with Gasteiger partial charge in [-0.25, -0.2) is 14.2 Å². The smallest absolute Gasteiger partial charge is 0.358 e. The molecule has 0 bridgehead atoms. The van der Waals surface area contributed by atoms with Gasteiger partial charge in [0.05, 0.1) is 28.5 Å². The molecule has 7 heteroatoms. The van der Waals surface area contributed by atoms with Crippen LogP contribution in [-0.4, -0.2) is 32.2 Å². The van der Waals surface area contributed by atoms with Crippen molar-refractivity contribution in [1.82, 2.24) is 4.98 Å². The number of halogens is 3. The minimum atomic E-state index is -0.686. The third-order valence-electron chi connectivity index (χ3n) is 3.01. The summed E-state index contributed by atoms with van der Waals surface area (Å²) in [6.07, 6.45) is 0. The third-order valence-corrected chi connectivity index (χ3v) is 3.62. The van der Waals surface area contributed by atoms with Crippen molar-refractivity contribution in [3.8, 4) is 11.3 Å². The normalized spacial score (nSPS) is 10.5. The van der Waals surface area contributed by atoms with Crippen molar-refractivity contribution in [2.45, 2.75) is 0 Å². The summed E-state index contributed by atoms with van der Waals surface area (Å²) in [5, 5.41) is 0.422. The highest BCUT2D eigenvalue weighted by Crippen LogP contribution is 2.34. The highest BCUT2D eigenvalue weighted by atomic mass is 35.5. The van der Waals surface area contributed by atoms with Gasteiger partial charge < -0.3 is 9.64 Å². The molecule has 0 aliphatic heterocycles. The van der Waals surface area contributed by atoms with E-state index in [4.69, 9.17) is 23.2 Å². The molecule has 4 nitrogen and oxygen atoms in total. The Morgan fingerprint density at radius 3 is 2.41 bits per heavy atom. The van der Waals surface area contributed by atoms with Gasteiger partial charge in [0.25, 0.3) is 0 Å².